The molecule has 1 saturated heterocycles. The van der Waals surface area contributed by atoms with Crippen LogP contribution in [-0.4, -0.2) is 45.0 Å². The average Bonchev–Trinajstić information content (AvgIpc) is 3.17. The van der Waals surface area contributed by atoms with Gasteiger partial charge in [-0.2, -0.15) is 4.98 Å². The second-order valence-electron chi connectivity index (χ2n) is 5.90. The predicted octanol–water partition coefficient (Wildman–Crippen LogP) is 1.62. The number of aromatic nitrogens is 2. The van der Waals surface area contributed by atoms with Crippen LogP contribution >= 0.6 is 0 Å². The number of ether oxygens (including phenoxy) is 2. The van der Waals surface area contributed by atoms with E-state index in [-0.39, 0.29) is 23.2 Å². The number of benzene rings is 1. The number of methoxy groups -OCH3 is 1. The molecule has 1 fully saturated rings. The predicted molar refractivity (Wildman–Crippen MR) is 93.6 cm³/mol. The van der Waals surface area contributed by atoms with E-state index < -0.39 is 16.1 Å². The fourth-order valence-electron chi connectivity index (χ4n) is 2.59. The molecule has 1 aromatic carbocycles. The molecule has 1 aliphatic heterocycles. The highest BCUT2D eigenvalue weighted by Crippen LogP contribution is 2.24. The van der Waals surface area contributed by atoms with Crippen LogP contribution in [0.5, 0.6) is 0 Å². The summed E-state index contributed by atoms with van der Waals surface area (Å²) in [6.07, 6.45) is 0.994. The van der Waals surface area contributed by atoms with Crippen molar-refractivity contribution in [2.45, 2.75) is 30.2 Å². The first-order chi connectivity index (χ1) is 13.0. The first-order valence-electron chi connectivity index (χ1n) is 8.33. The van der Waals surface area contributed by atoms with E-state index in [0.29, 0.717) is 24.7 Å². The maximum absolute atomic E-state index is 12.4. The van der Waals surface area contributed by atoms with Gasteiger partial charge in [-0.1, -0.05) is 5.16 Å². The summed E-state index contributed by atoms with van der Waals surface area (Å²) in [5, 5.41) is 6.38. The van der Waals surface area contributed by atoms with Crippen molar-refractivity contribution in [2.75, 3.05) is 25.6 Å². The highest BCUT2D eigenvalue weighted by atomic mass is 32.2. The number of hydrogen-bond donors (Lipinski definition) is 2. The first kappa shape index (κ1) is 19.3. The maximum atomic E-state index is 12.4. The summed E-state index contributed by atoms with van der Waals surface area (Å²) < 4.78 is 42.1. The minimum atomic E-state index is -3.77. The van der Waals surface area contributed by atoms with E-state index in [9.17, 15) is 13.2 Å². The van der Waals surface area contributed by atoms with E-state index in [0.717, 1.165) is 12.8 Å². The summed E-state index contributed by atoms with van der Waals surface area (Å²) in [5.74, 6) is 0.942. The number of sulfonamides is 1. The van der Waals surface area contributed by atoms with Gasteiger partial charge in [0.1, 0.15) is 0 Å². The Morgan fingerprint density at radius 3 is 2.63 bits per heavy atom. The van der Waals surface area contributed by atoms with Gasteiger partial charge >= 0.3 is 6.09 Å². The summed E-state index contributed by atoms with van der Waals surface area (Å²) >= 11 is 0. The van der Waals surface area contributed by atoms with E-state index in [1.807, 2.05) is 0 Å². The summed E-state index contributed by atoms with van der Waals surface area (Å²) in [6.45, 7) is 1.20. The molecule has 0 saturated carbocycles. The fraction of sp³-hybridized carbons (Fsp3) is 0.438. The van der Waals surface area contributed by atoms with Gasteiger partial charge in [-0.3, -0.25) is 5.32 Å². The smallest absolute Gasteiger partial charge is 0.411 e. The van der Waals surface area contributed by atoms with E-state index in [1.54, 1.807) is 0 Å². The minimum absolute atomic E-state index is 0.0436. The molecule has 0 aliphatic carbocycles. The molecule has 0 unspecified atom stereocenters. The molecule has 0 bridgehead atoms. The number of amides is 1. The third kappa shape index (κ3) is 5.02. The van der Waals surface area contributed by atoms with Crippen LogP contribution < -0.4 is 10.0 Å². The van der Waals surface area contributed by atoms with Crippen LogP contribution in [0, 0.1) is 0 Å². The van der Waals surface area contributed by atoms with Gasteiger partial charge in [0.15, 0.2) is 5.82 Å². The molecule has 0 radical (unpaired) electrons. The van der Waals surface area contributed by atoms with Crippen molar-refractivity contribution in [1.29, 1.82) is 0 Å². The van der Waals surface area contributed by atoms with E-state index in [2.05, 4.69) is 24.9 Å². The van der Waals surface area contributed by atoms with Crippen LogP contribution in [0.4, 0.5) is 10.5 Å². The number of hydrogen-bond acceptors (Lipinski definition) is 8. The van der Waals surface area contributed by atoms with E-state index in [4.69, 9.17) is 9.26 Å². The van der Waals surface area contributed by atoms with Crippen molar-refractivity contribution in [1.82, 2.24) is 14.9 Å². The summed E-state index contributed by atoms with van der Waals surface area (Å²) in [4.78, 5) is 15.5. The molecule has 11 heteroatoms. The lowest BCUT2D eigenvalue weighted by Gasteiger charge is -2.18. The molecule has 1 aromatic heterocycles. The maximum Gasteiger partial charge on any atom is 0.411 e. The van der Waals surface area contributed by atoms with Crippen LogP contribution in [0.25, 0.3) is 0 Å². The first-order valence-corrected chi connectivity index (χ1v) is 9.81. The molecular formula is C16H20N4O6S. The second-order valence-corrected chi connectivity index (χ2v) is 7.67. The van der Waals surface area contributed by atoms with Crippen molar-refractivity contribution in [2.24, 2.45) is 0 Å². The summed E-state index contributed by atoms with van der Waals surface area (Å²) in [7, 11) is -2.53. The Kier molecular flexibility index (Phi) is 6.04. The van der Waals surface area contributed by atoms with E-state index in [1.165, 1.54) is 31.4 Å². The Hall–Kier alpha value is -2.50. The Bertz CT molecular complexity index is 875. The molecule has 2 N–H and O–H groups in total. The van der Waals surface area contributed by atoms with Gasteiger partial charge in [0.05, 0.1) is 18.6 Å². The highest BCUT2D eigenvalue weighted by molar-refractivity contribution is 7.89. The molecular weight excluding hydrogens is 376 g/mol. The lowest BCUT2D eigenvalue weighted by Crippen LogP contribution is -2.23. The standard InChI is InChI=1S/C16H20N4O6S/c1-24-16(21)18-12-2-4-13(5-3-12)27(22,23)17-10-14-19-15(20-26-14)11-6-8-25-9-7-11/h2-5,11,17H,6-10H2,1H3,(H,18,21). The van der Waals surface area contributed by atoms with Crippen LogP contribution in [-0.2, 0) is 26.0 Å². The Balaban J connectivity index is 1.59. The molecule has 10 nitrogen and oxygen atoms in total. The molecule has 1 aliphatic rings. The van der Waals surface area contributed by atoms with Crippen LogP contribution in [0.1, 0.15) is 30.5 Å². The number of carbonyl (C=O) groups excluding carboxylic acids is 1. The zero-order valence-corrected chi connectivity index (χ0v) is 15.5. The highest BCUT2D eigenvalue weighted by Gasteiger charge is 2.22. The molecule has 2 aromatic rings. The van der Waals surface area contributed by atoms with Gasteiger partial charge in [-0.05, 0) is 37.1 Å². The van der Waals surface area contributed by atoms with Crippen LogP contribution in [0.15, 0.2) is 33.7 Å². The van der Waals surface area contributed by atoms with Crippen LogP contribution in [0.3, 0.4) is 0 Å². The average molecular weight is 396 g/mol. The van der Waals surface area contributed by atoms with Gasteiger partial charge in [0.25, 0.3) is 0 Å². The van der Waals surface area contributed by atoms with Gasteiger partial charge < -0.3 is 14.0 Å². The van der Waals surface area contributed by atoms with Gasteiger partial charge in [0.2, 0.25) is 15.9 Å². The lowest BCUT2D eigenvalue weighted by molar-refractivity contribution is 0.0830. The molecule has 0 atom stereocenters. The van der Waals surface area contributed by atoms with Crippen LogP contribution in [0.2, 0.25) is 0 Å². The Labute approximate surface area is 156 Å². The third-order valence-electron chi connectivity index (χ3n) is 4.08. The summed E-state index contributed by atoms with van der Waals surface area (Å²) in [5.41, 5.74) is 0.416. The van der Waals surface area contributed by atoms with Gasteiger partial charge in [-0.25, -0.2) is 17.9 Å². The van der Waals surface area contributed by atoms with Crippen molar-refractivity contribution in [3.63, 3.8) is 0 Å². The topological polar surface area (TPSA) is 133 Å². The molecule has 1 amide bonds. The minimum Gasteiger partial charge on any atom is -0.453 e. The molecule has 3 rings (SSSR count). The Morgan fingerprint density at radius 2 is 1.96 bits per heavy atom. The van der Waals surface area contributed by atoms with Crippen molar-refractivity contribution >= 4 is 21.8 Å². The monoisotopic (exact) mass is 396 g/mol. The molecule has 27 heavy (non-hydrogen) atoms. The number of nitrogens with one attached hydrogen (secondary N) is 2. The Morgan fingerprint density at radius 1 is 1.26 bits per heavy atom. The molecule has 2 heterocycles. The number of carbonyl (C=O) groups is 1. The molecule has 146 valence electrons. The largest absolute Gasteiger partial charge is 0.453 e. The number of anilines is 1. The normalized spacial score (nSPS) is 15.4. The van der Waals surface area contributed by atoms with Gasteiger partial charge in [-0.15, -0.1) is 0 Å². The summed E-state index contributed by atoms with van der Waals surface area (Å²) in [6, 6.07) is 5.66. The van der Waals surface area contributed by atoms with Crippen molar-refractivity contribution in [3.05, 3.63) is 36.0 Å². The lowest BCUT2D eigenvalue weighted by atomic mass is 10.00. The number of rotatable bonds is 6. The van der Waals surface area contributed by atoms with Gasteiger partial charge in [0, 0.05) is 24.8 Å². The third-order valence-corrected chi connectivity index (χ3v) is 5.50. The second kappa shape index (κ2) is 8.46. The quantitative estimate of drug-likeness (QED) is 0.753. The molecule has 0 spiro atoms. The fourth-order valence-corrected chi connectivity index (χ4v) is 3.56. The van der Waals surface area contributed by atoms with E-state index >= 15 is 0 Å². The van der Waals surface area contributed by atoms with Crippen molar-refractivity contribution in [3.8, 4) is 0 Å². The zero-order valence-electron chi connectivity index (χ0n) is 14.7. The van der Waals surface area contributed by atoms with Crippen molar-refractivity contribution < 1.29 is 27.2 Å². The SMILES string of the molecule is COC(=O)Nc1ccc(S(=O)(=O)NCc2nc(C3CCOCC3)no2)cc1. The number of nitrogens with zero attached hydrogens (tertiary/aromatic N) is 2. The zero-order chi connectivity index (χ0) is 19.3.